The van der Waals surface area contributed by atoms with Crippen LogP contribution in [0, 0.1) is 6.92 Å². The van der Waals surface area contributed by atoms with Crippen molar-refractivity contribution in [3.63, 3.8) is 0 Å². The van der Waals surface area contributed by atoms with E-state index in [0.29, 0.717) is 17.1 Å². The summed E-state index contributed by atoms with van der Waals surface area (Å²) in [6.07, 6.45) is -4.35. The van der Waals surface area contributed by atoms with E-state index in [1.807, 2.05) is 19.1 Å². The van der Waals surface area contributed by atoms with Crippen molar-refractivity contribution < 1.29 is 27.4 Å². The Hall–Kier alpha value is -2.70. The number of carbonyl (C=O) groups is 1. The molecule has 27 heavy (non-hydrogen) atoms. The molecule has 0 aromatic heterocycles. The number of nitrogens with one attached hydrogen (secondary N) is 1. The van der Waals surface area contributed by atoms with E-state index in [1.54, 1.807) is 19.1 Å². The fraction of sp³-hybridized carbons (Fsp3) is 0.350. The van der Waals surface area contributed by atoms with Gasteiger partial charge >= 0.3 is 6.18 Å². The number of amides is 1. The maximum atomic E-state index is 12.8. The molecule has 7 heteroatoms. The van der Waals surface area contributed by atoms with E-state index in [2.05, 4.69) is 5.32 Å². The lowest BCUT2D eigenvalue weighted by molar-refractivity contribution is -0.137. The first-order valence-corrected chi connectivity index (χ1v) is 8.44. The van der Waals surface area contributed by atoms with Gasteiger partial charge in [0.05, 0.1) is 31.7 Å². The Bertz CT molecular complexity index is 790. The number of rotatable bonds is 7. The number of alkyl halides is 3. The molecular formula is C20H22F3NO3. The van der Waals surface area contributed by atoms with Crippen LogP contribution in [-0.4, -0.2) is 19.6 Å². The molecule has 0 aliphatic rings. The molecule has 2 aromatic carbocycles. The van der Waals surface area contributed by atoms with Crippen molar-refractivity contribution in [2.75, 3.05) is 13.7 Å². The van der Waals surface area contributed by atoms with Crippen LogP contribution in [0.1, 0.15) is 36.1 Å². The third kappa shape index (κ3) is 5.91. The fourth-order valence-electron chi connectivity index (χ4n) is 2.53. The third-order valence-electron chi connectivity index (χ3n) is 4.00. The second-order valence-electron chi connectivity index (χ2n) is 6.17. The summed E-state index contributed by atoms with van der Waals surface area (Å²) in [5, 5.41) is 2.68. The van der Waals surface area contributed by atoms with Crippen molar-refractivity contribution >= 4 is 5.91 Å². The maximum Gasteiger partial charge on any atom is 0.416 e. The molecule has 0 bridgehead atoms. The van der Waals surface area contributed by atoms with Crippen LogP contribution >= 0.6 is 0 Å². The molecular weight excluding hydrogens is 359 g/mol. The van der Waals surface area contributed by atoms with Crippen LogP contribution in [0.2, 0.25) is 0 Å². The average molecular weight is 381 g/mol. The molecule has 0 heterocycles. The predicted molar refractivity (Wildman–Crippen MR) is 95.8 cm³/mol. The van der Waals surface area contributed by atoms with Gasteiger partial charge in [-0.2, -0.15) is 13.2 Å². The quantitative estimate of drug-likeness (QED) is 0.758. The molecule has 0 radical (unpaired) electrons. The maximum absolute atomic E-state index is 12.8. The summed E-state index contributed by atoms with van der Waals surface area (Å²) in [7, 11) is 1.53. The van der Waals surface area contributed by atoms with Gasteiger partial charge in [-0.1, -0.05) is 18.2 Å². The number of ether oxygens (including phenoxy) is 2. The number of halogens is 3. The summed E-state index contributed by atoms with van der Waals surface area (Å²) in [6.45, 7) is 3.69. The van der Waals surface area contributed by atoms with Crippen LogP contribution < -0.4 is 14.8 Å². The minimum atomic E-state index is -4.42. The van der Waals surface area contributed by atoms with Gasteiger partial charge in [0, 0.05) is 0 Å². The summed E-state index contributed by atoms with van der Waals surface area (Å²) in [5.74, 6) is 0.792. The first-order chi connectivity index (χ1) is 12.7. The van der Waals surface area contributed by atoms with Crippen LogP contribution in [0.5, 0.6) is 11.5 Å². The van der Waals surface area contributed by atoms with Crippen LogP contribution in [-0.2, 0) is 11.0 Å². The molecule has 0 spiro atoms. The van der Waals surface area contributed by atoms with Gasteiger partial charge in [0.2, 0.25) is 5.91 Å². The van der Waals surface area contributed by atoms with E-state index in [4.69, 9.17) is 9.47 Å². The van der Waals surface area contributed by atoms with Gasteiger partial charge in [0.1, 0.15) is 0 Å². The summed E-state index contributed by atoms with van der Waals surface area (Å²) in [5.41, 5.74) is 0.669. The van der Waals surface area contributed by atoms with Gasteiger partial charge in [-0.3, -0.25) is 4.79 Å². The van der Waals surface area contributed by atoms with E-state index in [1.165, 1.54) is 13.2 Å². The highest BCUT2D eigenvalue weighted by Gasteiger charge is 2.30. The molecule has 4 nitrogen and oxygen atoms in total. The van der Waals surface area contributed by atoms with Crippen LogP contribution in [0.4, 0.5) is 13.2 Å². The first kappa shape index (κ1) is 20.6. The lowest BCUT2D eigenvalue weighted by atomic mass is 10.0. The Labute approximate surface area is 156 Å². The van der Waals surface area contributed by atoms with Crippen molar-refractivity contribution in [3.05, 3.63) is 59.2 Å². The van der Waals surface area contributed by atoms with Crippen molar-refractivity contribution in [1.82, 2.24) is 5.32 Å². The third-order valence-corrected chi connectivity index (χ3v) is 4.00. The molecule has 1 unspecified atom stereocenters. The van der Waals surface area contributed by atoms with Gasteiger partial charge in [0.15, 0.2) is 11.5 Å². The smallest absolute Gasteiger partial charge is 0.416 e. The van der Waals surface area contributed by atoms with E-state index in [-0.39, 0.29) is 18.9 Å². The highest BCUT2D eigenvalue weighted by Crippen LogP contribution is 2.31. The van der Waals surface area contributed by atoms with Crippen molar-refractivity contribution in [2.45, 2.75) is 32.5 Å². The largest absolute Gasteiger partial charge is 0.493 e. The molecule has 1 N–H and O–H groups in total. The van der Waals surface area contributed by atoms with Gasteiger partial charge < -0.3 is 14.8 Å². The SMILES string of the molecule is COc1cc(C)ccc1OCCC(=O)NC(C)c1cccc(C(F)(F)F)c1. The number of aryl methyl sites for hydroxylation is 1. The number of benzene rings is 2. The molecule has 2 rings (SSSR count). The number of hydrogen-bond donors (Lipinski definition) is 1. The summed E-state index contributed by atoms with van der Waals surface area (Å²) >= 11 is 0. The second-order valence-corrected chi connectivity index (χ2v) is 6.17. The van der Waals surface area contributed by atoms with E-state index >= 15 is 0 Å². The predicted octanol–water partition coefficient (Wildman–Crippen LogP) is 4.67. The van der Waals surface area contributed by atoms with E-state index in [0.717, 1.165) is 17.7 Å². The van der Waals surface area contributed by atoms with Crippen LogP contribution in [0.3, 0.4) is 0 Å². The van der Waals surface area contributed by atoms with E-state index < -0.39 is 17.8 Å². The highest BCUT2D eigenvalue weighted by atomic mass is 19.4. The minimum absolute atomic E-state index is 0.0698. The van der Waals surface area contributed by atoms with E-state index in [9.17, 15) is 18.0 Å². The molecule has 0 saturated carbocycles. The molecule has 0 aliphatic carbocycles. The normalized spacial score (nSPS) is 12.4. The summed E-state index contributed by atoms with van der Waals surface area (Å²) in [6, 6.07) is 9.82. The average Bonchev–Trinajstić information content (AvgIpc) is 2.62. The molecule has 1 atom stereocenters. The Balaban J connectivity index is 1.89. The number of methoxy groups -OCH3 is 1. The summed E-state index contributed by atoms with van der Waals surface area (Å²) < 4.78 is 49.2. The van der Waals surface area contributed by atoms with Crippen LogP contribution in [0.15, 0.2) is 42.5 Å². The minimum Gasteiger partial charge on any atom is -0.493 e. The van der Waals surface area contributed by atoms with Crippen molar-refractivity contribution in [1.29, 1.82) is 0 Å². The molecule has 0 fully saturated rings. The monoisotopic (exact) mass is 381 g/mol. The Morgan fingerprint density at radius 3 is 2.56 bits per heavy atom. The molecule has 1 amide bonds. The topological polar surface area (TPSA) is 47.6 Å². The van der Waals surface area contributed by atoms with Gasteiger partial charge in [-0.15, -0.1) is 0 Å². The van der Waals surface area contributed by atoms with Crippen molar-refractivity contribution in [2.24, 2.45) is 0 Å². The van der Waals surface area contributed by atoms with Gasteiger partial charge in [0.25, 0.3) is 0 Å². The molecule has 2 aromatic rings. The Morgan fingerprint density at radius 2 is 1.89 bits per heavy atom. The second kappa shape index (κ2) is 8.79. The van der Waals surface area contributed by atoms with Gasteiger partial charge in [-0.25, -0.2) is 0 Å². The Kier molecular flexibility index (Phi) is 6.71. The first-order valence-electron chi connectivity index (χ1n) is 8.44. The zero-order chi connectivity index (χ0) is 20.0. The Morgan fingerprint density at radius 1 is 1.15 bits per heavy atom. The van der Waals surface area contributed by atoms with Gasteiger partial charge in [-0.05, 0) is 49.2 Å². The highest BCUT2D eigenvalue weighted by molar-refractivity contribution is 5.76. The molecule has 146 valence electrons. The number of hydrogen-bond acceptors (Lipinski definition) is 3. The lowest BCUT2D eigenvalue weighted by Crippen LogP contribution is -2.28. The molecule has 0 saturated heterocycles. The summed E-state index contributed by atoms with van der Waals surface area (Å²) in [4.78, 5) is 12.1. The number of carbonyl (C=O) groups excluding carboxylic acids is 1. The zero-order valence-electron chi connectivity index (χ0n) is 15.4. The van der Waals surface area contributed by atoms with Crippen molar-refractivity contribution in [3.8, 4) is 11.5 Å². The molecule has 0 aliphatic heterocycles. The zero-order valence-corrected chi connectivity index (χ0v) is 15.4. The van der Waals surface area contributed by atoms with Crippen LogP contribution in [0.25, 0.3) is 0 Å². The fourth-order valence-corrected chi connectivity index (χ4v) is 2.53. The standard InChI is InChI=1S/C20H22F3NO3/c1-13-7-8-17(18(11-13)26-3)27-10-9-19(25)24-14(2)15-5-4-6-16(12-15)20(21,22)23/h4-8,11-12,14H,9-10H2,1-3H3,(H,24,25). The lowest BCUT2D eigenvalue weighted by Gasteiger charge is -2.16.